The minimum absolute atomic E-state index is 0.347. The van der Waals surface area contributed by atoms with Crippen LogP contribution in [0.4, 0.5) is 0 Å². The zero-order valence-electron chi connectivity index (χ0n) is 10.4. The van der Waals surface area contributed by atoms with Crippen molar-refractivity contribution in [1.82, 2.24) is 0 Å². The Hall–Kier alpha value is -2.35. The Morgan fingerprint density at radius 3 is 1.65 bits per heavy atom. The first-order chi connectivity index (χ1) is 7.90. The first-order valence-electron chi connectivity index (χ1n) is 4.35. The van der Waals surface area contributed by atoms with Crippen LogP contribution in [0.15, 0.2) is 37.5 Å². The van der Waals surface area contributed by atoms with Crippen molar-refractivity contribution in [2.24, 2.45) is 0 Å². The van der Waals surface area contributed by atoms with E-state index in [1.807, 2.05) is 0 Å². The number of nitriles is 1. The topological polar surface area (TPSA) is 76.4 Å². The predicted molar refractivity (Wildman–Crippen MR) is 64.9 cm³/mol. The van der Waals surface area contributed by atoms with Gasteiger partial charge in [0.15, 0.2) is 0 Å². The van der Waals surface area contributed by atoms with E-state index in [0.717, 1.165) is 6.08 Å². The number of carbonyl (C=O) groups excluding carboxylic acids is 2. The molecule has 0 amide bonds. The summed E-state index contributed by atoms with van der Waals surface area (Å²) in [7, 11) is 2.64. The summed E-state index contributed by atoms with van der Waals surface area (Å²) in [6.07, 6.45) is 2.29. The van der Waals surface area contributed by atoms with Crippen LogP contribution in [0.25, 0.3) is 0 Å². The minimum Gasteiger partial charge on any atom is -0.466 e. The Labute approximate surface area is 102 Å². The van der Waals surface area contributed by atoms with E-state index in [1.165, 1.54) is 20.3 Å². The lowest BCUT2D eigenvalue weighted by atomic mass is 10.4. The highest BCUT2D eigenvalue weighted by atomic mass is 16.5. The van der Waals surface area contributed by atoms with Crippen molar-refractivity contribution in [2.45, 2.75) is 6.92 Å². The number of hydrogen-bond donors (Lipinski definition) is 0. The Morgan fingerprint density at radius 2 is 1.65 bits per heavy atom. The summed E-state index contributed by atoms with van der Waals surface area (Å²) in [6, 6.07) is 1.69. The van der Waals surface area contributed by atoms with E-state index < -0.39 is 5.97 Å². The van der Waals surface area contributed by atoms with E-state index in [-0.39, 0.29) is 5.97 Å². The molecule has 0 radical (unpaired) electrons. The van der Waals surface area contributed by atoms with Crippen LogP contribution in [0.3, 0.4) is 0 Å². The number of allylic oxidation sites excluding steroid dienone is 1. The van der Waals surface area contributed by atoms with E-state index in [4.69, 9.17) is 5.26 Å². The summed E-state index contributed by atoms with van der Waals surface area (Å²) < 4.78 is 8.42. The Morgan fingerprint density at radius 1 is 1.24 bits per heavy atom. The molecule has 5 nitrogen and oxygen atoms in total. The Balaban J connectivity index is -0.000000180. The molecule has 0 unspecified atom stereocenters. The van der Waals surface area contributed by atoms with Crippen LogP contribution in [0.1, 0.15) is 6.92 Å². The van der Waals surface area contributed by atoms with Crippen LogP contribution in [-0.2, 0) is 19.1 Å². The van der Waals surface area contributed by atoms with Gasteiger partial charge in [-0.1, -0.05) is 19.7 Å². The van der Waals surface area contributed by atoms with Crippen molar-refractivity contribution in [2.75, 3.05) is 14.2 Å². The molecule has 5 heteroatoms. The van der Waals surface area contributed by atoms with Gasteiger partial charge in [0.2, 0.25) is 0 Å². The molecule has 0 aromatic rings. The number of hydrogen-bond acceptors (Lipinski definition) is 5. The zero-order chi connectivity index (χ0) is 14.3. The molecule has 0 atom stereocenters. The average Bonchev–Trinajstić information content (AvgIpc) is 2.37. The fourth-order valence-corrected chi connectivity index (χ4v) is 0.258. The molecule has 0 saturated heterocycles. The maximum absolute atomic E-state index is 10.2. The molecule has 0 bridgehead atoms. The van der Waals surface area contributed by atoms with E-state index in [9.17, 15) is 9.59 Å². The molecule has 0 aromatic carbocycles. The Kier molecular flexibility index (Phi) is 19.0. The van der Waals surface area contributed by atoms with Gasteiger partial charge in [0, 0.05) is 17.7 Å². The normalized spacial score (nSPS) is 6.47. The van der Waals surface area contributed by atoms with Crippen LogP contribution in [0.2, 0.25) is 0 Å². The third-order valence-corrected chi connectivity index (χ3v) is 0.993. The number of nitrogens with zero attached hydrogens (tertiary/aromatic N) is 1. The highest BCUT2D eigenvalue weighted by Gasteiger charge is 1.95. The summed E-state index contributed by atoms with van der Waals surface area (Å²) in [4.78, 5) is 20.0. The molecule has 0 aliphatic rings. The van der Waals surface area contributed by atoms with Crippen LogP contribution in [-0.4, -0.2) is 26.2 Å². The lowest BCUT2D eigenvalue weighted by Gasteiger charge is -1.91. The van der Waals surface area contributed by atoms with Crippen molar-refractivity contribution < 1.29 is 19.1 Å². The standard InChI is InChI=1S/C5H8O2.C4H6O2.C3H3N/c1-4(2)5(6)7-3;1-3-4(5)6-2;1-2-3-4/h1H2,2-3H3;3H,1H2,2H3;2H,1H2. The van der Waals surface area contributed by atoms with E-state index in [2.05, 4.69) is 29.2 Å². The summed E-state index contributed by atoms with van der Waals surface area (Å²) in [5.41, 5.74) is 0.433. The molecule has 0 fully saturated rings. The quantitative estimate of drug-likeness (QED) is 0.417. The third-order valence-electron chi connectivity index (χ3n) is 0.993. The van der Waals surface area contributed by atoms with Gasteiger partial charge < -0.3 is 9.47 Å². The van der Waals surface area contributed by atoms with Gasteiger partial charge in [-0.3, -0.25) is 0 Å². The molecular weight excluding hydrogens is 222 g/mol. The average molecular weight is 239 g/mol. The zero-order valence-corrected chi connectivity index (χ0v) is 10.4. The second-order valence-electron chi connectivity index (χ2n) is 2.33. The first kappa shape index (κ1) is 20.1. The monoisotopic (exact) mass is 239 g/mol. The van der Waals surface area contributed by atoms with Crippen LogP contribution in [0.5, 0.6) is 0 Å². The van der Waals surface area contributed by atoms with Crippen molar-refractivity contribution in [3.05, 3.63) is 37.5 Å². The van der Waals surface area contributed by atoms with E-state index in [0.29, 0.717) is 5.57 Å². The maximum Gasteiger partial charge on any atom is 0.332 e. The molecule has 17 heavy (non-hydrogen) atoms. The van der Waals surface area contributed by atoms with Crippen molar-refractivity contribution >= 4 is 11.9 Å². The molecular formula is C12H17NO4. The second-order valence-corrected chi connectivity index (χ2v) is 2.33. The van der Waals surface area contributed by atoms with Crippen LogP contribution >= 0.6 is 0 Å². The fourth-order valence-electron chi connectivity index (χ4n) is 0.258. The molecule has 0 aliphatic carbocycles. The first-order valence-corrected chi connectivity index (χ1v) is 4.35. The lowest BCUT2D eigenvalue weighted by molar-refractivity contribution is -0.136. The number of carbonyl (C=O) groups is 2. The van der Waals surface area contributed by atoms with Crippen LogP contribution in [0, 0.1) is 11.3 Å². The van der Waals surface area contributed by atoms with Gasteiger partial charge in [-0.2, -0.15) is 5.26 Å². The smallest absolute Gasteiger partial charge is 0.332 e. The number of rotatable bonds is 2. The van der Waals surface area contributed by atoms with Crippen molar-refractivity contribution in [3.63, 3.8) is 0 Å². The minimum atomic E-state index is -0.394. The molecule has 94 valence electrons. The van der Waals surface area contributed by atoms with Gasteiger partial charge >= 0.3 is 11.9 Å². The third kappa shape index (κ3) is 24.8. The van der Waals surface area contributed by atoms with Gasteiger partial charge in [-0.15, -0.1) is 0 Å². The summed E-state index contributed by atoms with van der Waals surface area (Å²) >= 11 is 0. The van der Waals surface area contributed by atoms with Gasteiger partial charge in [0.25, 0.3) is 0 Å². The van der Waals surface area contributed by atoms with Gasteiger partial charge in [0.05, 0.1) is 20.3 Å². The highest BCUT2D eigenvalue weighted by molar-refractivity contribution is 5.86. The second kappa shape index (κ2) is 16.1. The van der Waals surface area contributed by atoms with Crippen molar-refractivity contribution in [3.8, 4) is 6.07 Å². The molecule has 0 N–H and O–H groups in total. The largest absolute Gasteiger partial charge is 0.466 e. The number of methoxy groups -OCH3 is 2. The summed E-state index contributed by atoms with van der Waals surface area (Å²) in [5.74, 6) is -0.741. The lowest BCUT2D eigenvalue weighted by Crippen LogP contribution is -1.98. The van der Waals surface area contributed by atoms with Gasteiger partial charge in [-0.25, -0.2) is 9.59 Å². The summed E-state index contributed by atoms with van der Waals surface area (Å²) in [6.45, 7) is 11.2. The number of ether oxygens (including phenoxy) is 2. The SMILES string of the molecule is C=C(C)C(=O)OC.C=CC#N.C=CC(=O)OC. The highest BCUT2D eigenvalue weighted by Crippen LogP contribution is 1.87. The van der Waals surface area contributed by atoms with Crippen molar-refractivity contribution in [1.29, 1.82) is 5.26 Å². The molecule has 0 spiro atoms. The summed E-state index contributed by atoms with van der Waals surface area (Å²) in [5, 5.41) is 7.51. The van der Waals surface area contributed by atoms with E-state index >= 15 is 0 Å². The molecule has 0 aliphatic heterocycles. The fraction of sp³-hybridized carbons (Fsp3) is 0.250. The van der Waals surface area contributed by atoms with Gasteiger partial charge in [-0.05, 0) is 6.92 Å². The molecule has 0 heterocycles. The Bertz CT molecular complexity index is 313. The molecule has 0 rings (SSSR count). The predicted octanol–water partition coefficient (Wildman–Crippen LogP) is 1.78. The molecule has 0 aromatic heterocycles. The van der Waals surface area contributed by atoms with Gasteiger partial charge in [0.1, 0.15) is 0 Å². The maximum atomic E-state index is 10.2. The molecule has 0 saturated carbocycles. The van der Waals surface area contributed by atoms with E-state index in [1.54, 1.807) is 13.0 Å². The number of esters is 2. The van der Waals surface area contributed by atoms with Crippen LogP contribution < -0.4 is 0 Å².